The van der Waals surface area contributed by atoms with Gasteiger partial charge in [-0.1, -0.05) is 36.3 Å². The second kappa shape index (κ2) is 9.02. The average molecular weight is 306 g/mol. The normalized spacial score (nSPS) is 9.52. The van der Waals surface area contributed by atoms with Gasteiger partial charge in [0.2, 0.25) is 0 Å². The maximum absolute atomic E-state index is 12.8. The van der Waals surface area contributed by atoms with Crippen molar-refractivity contribution < 1.29 is 9.13 Å². The highest BCUT2D eigenvalue weighted by Crippen LogP contribution is 2.19. The smallest absolute Gasteiger partial charge is 0.124 e. The summed E-state index contributed by atoms with van der Waals surface area (Å²) in [6.45, 7) is 1.59. The fraction of sp³-hybridized carbons (Fsp3) is 0.176. The summed E-state index contributed by atoms with van der Waals surface area (Å²) in [7, 11) is 0. The van der Waals surface area contributed by atoms with E-state index in [1.54, 1.807) is 12.1 Å². The Morgan fingerprint density at radius 1 is 1.10 bits per heavy atom. The van der Waals surface area contributed by atoms with Crippen LogP contribution in [-0.2, 0) is 13.2 Å². The predicted octanol–water partition coefficient (Wildman–Crippen LogP) is 3.55. The molecule has 0 saturated heterocycles. The van der Waals surface area contributed by atoms with E-state index in [0.717, 1.165) is 16.9 Å². The zero-order valence-corrected chi connectivity index (χ0v) is 12.3. The van der Waals surface area contributed by atoms with Crippen LogP contribution in [0, 0.1) is 18.2 Å². The van der Waals surface area contributed by atoms with Crippen LogP contribution in [0.3, 0.4) is 0 Å². The van der Waals surface area contributed by atoms with Gasteiger partial charge in [0.15, 0.2) is 0 Å². The van der Waals surface area contributed by atoms with Gasteiger partial charge in [-0.15, -0.1) is 18.8 Å². The van der Waals surface area contributed by atoms with Crippen molar-refractivity contribution in [1.82, 2.24) is 5.32 Å². The van der Waals surface area contributed by atoms with Crippen molar-refractivity contribution in [3.8, 4) is 18.1 Å². The Labute approximate surface area is 130 Å². The molecule has 0 saturated carbocycles. The lowest BCUT2D eigenvalue weighted by atomic mass is 10.2. The number of benzene rings is 2. The molecule has 0 unspecified atom stereocenters. The zero-order chi connectivity index (χ0) is 14.2. The number of terminal acetylenes is 1. The molecule has 2 rings (SSSR count). The molecule has 2 nitrogen and oxygen atoms in total. The van der Waals surface area contributed by atoms with Crippen molar-refractivity contribution in [2.75, 3.05) is 6.54 Å². The zero-order valence-electron chi connectivity index (χ0n) is 11.5. The number of para-hydroxylation sites is 1. The topological polar surface area (TPSA) is 21.3 Å². The Morgan fingerprint density at radius 2 is 1.81 bits per heavy atom. The summed E-state index contributed by atoms with van der Waals surface area (Å²) in [5.41, 5.74) is 1.97. The lowest BCUT2D eigenvalue weighted by Crippen LogP contribution is -2.13. The molecule has 0 aliphatic heterocycles. The first kappa shape index (κ1) is 17.0. The second-order valence-corrected chi connectivity index (χ2v) is 4.33. The molecule has 0 atom stereocenters. The molecular weight excluding hydrogens is 289 g/mol. The van der Waals surface area contributed by atoms with Gasteiger partial charge in [-0.2, -0.15) is 0 Å². The highest BCUT2D eigenvalue weighted by molar-refractivity contribution is 5.85. The van der Waals surface area contributed by atoms with E-state index in [9.17, 15) is 4.39 Å². The van der Waals surface area contributed by atoms with Gasteiger partial charge < -0.3 is 10.1 Å². The van der Waals surface area contributed by atoms with Crippen molar-refractivity contribution >= 4 is 12.4 Å². The fourth-order valence-corrected chi connectivity index (χ4v) is 1.80. The molecule has 0 aromatic heterocycles. The third-order valence-electron chi connectivity index (χ3n) is 2.82. The van der Waals surface area contributed by atoms with Crippen LogP contribution in [0.1, 0.15) is 11.1 Å². The Kier molecular flexibility index (Phi) is 7.31. The maximum atomic E-state index is 12.8. The molecule has 0 bridgehead atoms. The molecule has 1 N–H and O–H groups in total. The van der Waals surface area contributed by atoms with Gasteiger partial charge in [0, 0.05) is 12.1 Å². The summed E-state index contributed by atoms with van der Waals surface area (Å²) in [6, 6.07) is 14.1. The van der Waals surface area contributed by atoms with Crippen LogP contribution in [0.5, 0.6) is 5.75 Å². The fourth-order valence-electron chi connectivity index (χ4n) is 1.80. The SMILES string of the molecule is C#CCNCc1ccccc1OCc1ccc(F)cc1.Cl. The lowest BCUT2D eigenvalue weighted by Gasteiger charge is -2.11. The van der Waals surface area contributed by atoms with E-state index in [1.165, 1.54) is 12.1 Å². The average Bonchev–Trinajstić information content (AvgIpc) is 2.48. The second-order valence-electron chi connectivity index (χ2n) is 4.33. The van der Waals surface area contributed by atoms with E-state index in [2.05, 4.69) is 11.2 Å². The van der Waals surface area contributed by atoms with Crippen LogP contribution in [0.4, 0.5) is 4.39 Å². The van der Waals surface area contributed by atoms with Crippen LogP contribution in [-0.4, -0.2) is 6.54 Å². The maximum Gasteiger partial charge on any atom is 0.124 e. The number of rotatable bonds is 6. The van der Waals surface area contributed by atoms with E-state index >= 15 is 0 Å². The number of nitrogens with one attached hydrogen (secondary N) is 1. The molecule has 0 aliphatic carbocycles. The summed E-state index contributed by atoms with van der Waals surface area (Å²) < 4.78 is 18.6. The summed E-state index contributed by atoms with van der Waals surface area (Å²) in [5.74, 6) is 3.10. The molecule has 0 heterocycles. The van der Waals surface area contributed by atoms with E-state index in [4.69, 9.17) is 11.2 Å². The summed E-state index contributed by atoms with van der Waals surface area (Å²) in [6.07, 6.45) is 5.20. The number of ether oxygens (including phenoxy) is 1. The van der Waals surface area contributed by atoms with Gasteiger partial charge in [-0.3, -0.25) is 0 Å². The van der Waals surface area contributed by atoms with Crippen molar-refractivity contribution in [2.24, 2.45) is 0 Å². The first-order chi connectivity index (χ1) is 9.79. The molecule has 4 heteroatoms. The molecule has 0 amide bonds. The number of halogens is 2. The molecule has 21 heavy (non-hydrogen) atoms. The van der Waals surface area contributed by atoms with E-state index in [-0.39, 0.29) is 18.2 Å². The summed E-state index contributed by atoms with van der Waals surface area (Å²) in [4.78, 5) is 0. The van der Waals surface area contributed by atoms with Gasteiger partial charge in [-0.25, -0.2) is 4.39 Å². The monoisotopic (exact) mass is 305 g/mol. The predicted molar refractivity (Wildman–Crippen MR) is 85.0 cm³/mol. The van der Waals surface area contributed by atoms with E-state index < -0.39 is 0 Å². The van der Waals surface area contributed by atoms with E-state index in [1.807, 2.05) is 24.3 Å². The van der Waals surface area contributed by atoms with Crippen molar-refractivity contribution in [3.63, 3.8) is 0 Å². The van der Waals surface area contributed by atoms with Crippen molar-refractivity contribution in [3.05, 3.63) is 65.5 Å². The van der Waals surface area contributed by atoms with Gasteiger partial charge in [-0.05, 0) is 23.8 Å². The minimum Gasteiger partial charge on any atom is -0.489 e. The highest BCUT2D eigenvalue weighted by atomic mass is 35.5. The minimum atomic E-state index is -0.243. The van der Waals surface area contributed by atoms with Gasteiger partial charge in [0.05, 0.1) is 6.54 Å². The third kappa shape index (κ3) is 5.47. The molecule has 110 valence electrons. The molecule has 2 aromatic carbocycles. The van der Waals surface area contributed by atoms with Crippen molar-refractivity contribution in [2.45, 2.75) is 13.2 Å². The number of hydrogen-bond acceptors (Lipinski definition) is 2. The van der Waals surface area contributed by atoms with Crippen LogP contribution >= 0.6 is 12.4 Å². The quantitative estimate of drug-likeness (QED) is 0.651. The van der Waals surface area contributed by atoms with Gasteiger partial charge >= 0.3 is 0 Å². The molecule has 0 aliphatic rings. The standard InChI is InChI=1S/C17H16FNO.ClH/c1-2-11-19-12-15-5-3-4-6-17(15)20-13-14-7-9-16(18)10-8-14;/h1,3-10,19H,11-13H2;1H. The van der Waals surface area contributed by atoms with Gasteiger partial charge in [0.1, 0.15) is 18.2 Å². The molecule has 0 fully saturated rings. The Hall–Kier alpha value is -2.02. The largest absolute Gasteiger partial charge is 0.489 e. The molecule has 0 spiro atoms. The molecule has 2 aromatic rings. The van der Waals surface area contributed by atoms with Crippen molar-refractivity contribution in [1.29, 1.82) is 0 Å². The Balaban J connectivity index is 0.00000220. The lowest BCUT2D eigenvalue weighted by molar-refractivity contribution is 0.302. The molecular formula is C17H17ClFNO. The molecule has 0 radical (unpaired) electrons. The summed E-state index contributed by atoms with van der Waals surface area (Å²) >= 11 is 0. The first-order valence-electron chi connectivity index (χ1n) is 6.39. The third-order valence-corrected chi connectivity index (χ3v) is 2.82. The van der Waals surface area contributed by atoms with Crippen LogP contribution in [0.15, 0.2) is 48.5 Å². The van der Waals surface area contributed by atoms with Crippen LogP contribution in [0.25, 0.3) is 0 Å². The van der Waals surface area contributed by atoms with Gasteiger partial charge in [0.25, 0.3) is 0 Å². The Morgan fingerprint density at radius 3 is 2.52 bits per heavy atom. The van der Waals surface area contributed by atoms with Crippen LogP contribution < -0.4 is 10.1 Å². The summed E-state index contributed by atoms with van der Waals surface area (Å²) in [5, 5.41) is 3.13. The first-order valence-corrected chi connectivity index (χ1v) is 6.39. The highest BCUT2D eigenvalue weighted by Gasteiger charge is 2.03. The van der Waals surface area contributed by atoms with E-state index in [0.29, 0.717) is 19.7 Å². The van der Waals surface area contributed by atoms with Crippen LogP contribution in [0.2, 0.25) is 0 Å². The number of hydrogen-bond donors (Lipinski definition) is 1. The Bertz CT molecular complexity index is 592. The minimum absolute atomic E-state index is 0.